The Balaban J connectivity index is 1.11. The predicted octanol–water partition coefficient (Wildman–Crippen LogP) is 12.3. The molecular weight excluding hydrogens is 607 g/mol. The van der Waals surface area contributed by atoms with Crippen LogP contribution >= 0.6 is 0 Å². The van der Waals surface area contributed by atoms with Crippen LogP contribution < -0.4 is 0 Å². The summed E-state index contributed by atoms with van der Waals surface area (Å²) in [5.74, 6) is 0. The highest BCUT2D eigenvalue weighted by molar-refractivity contribution is 6.14. The van der Waals surface area contributed by atoms with Crippen molar-refractivity contribution in [3.63, 3.8) is 0 Å². The maximum Gasteiger partial charge on any atom is 0.0972 e. The topological polar surface area (TPSA) is 38.7 Å². The molecule has 0 bridgehead atoms. The largest absolute Gasteiger partial charge is 0.254 e. The van der Waals surface area contributed by atoms with Gasteiger partial charge in [0.15, 0.2) is 0 Å². The van der Waals surface area contributed by atoms with E-state index in [1.807, 2.05) is 18.3 Å². The molecule has 0 aliphatic rings. The SMILES string of the molecule is c1ccc(-c2cc(-c3ccc(-c4ccc(-c5ccc6ccc7cccnc7c6n5)c5ccccc45)cc3)c3c(ccc4ccccc43)n2)cc1. The van der Waals surface area contributed by atoms with Crippen LogP contribution in [0, 0.1) is 0 Å². The maximum atomic E-state index is 5.18. The molecule has 0 N–H and O–H groups in total. The first-order chi connectivity index (χ1) is 24.8. The fraction of sp³-hybridized carbons (Fsp3) is 0. The molecule has 3 heterocycles. The van der Waals surface area contributed by atoms with Crippen molar-refractivity contribution in [1.82, 2.24) is 15.0 Å². The van der Waals surface area contributed by atoms with Gasteiger partial charge in [-0.15, -0.1) is 0 Å². The molecule has 0 amide bonds. The summed E-state index contributed by atoms with van der Waals surface area (Å²) in [5, 5.41) is 8.16. The Bertz CT molecular complexity index is 2910. The lowest BCUT2D eigenvalue weighted by molar-refractivity contribution is 1.37. The van der Waals surface area contributed by atoms with E-state index < -0.39 is 0 Å². The van der Waals surface area contributed by atoms with Crippen molar-refractivity contribution in [2.24, 2.45) is 0 Å². The highest BCUT2D eigenvalue weighted by Crippen LogP contribution is 2.39. The molecule has 0 spiro atoms. The number of hydrogen-bond acceptors (Lipinski definition) is 3. The van der Waals surface area contributed by atoms with Gasteiger partial charge >= 0.3 is 0 Å². The normalized spacial score (nSPS) is 11.6. The Morgan fingerprint density at radius 2 is 0.960 bits per heavy atom. The fourth-order valence-electron chi connectivity index (χ4n) is 7.47. The Morgan fingerprint density at radius 3 is 1.78 bits per heavy atom. The predicted molar refractivity (Wildman–Crippen MR) is 209 cm³/mol. The first kappa shape index (κ1) is 28.3. The van der Waals surface area contributed by atoms with E-state index in [1.54, 1.807) is 0 Å². The first-order valence-corrected chi connectivity index (χ1v) is 16.9. The molecule has 0 aliphatic heterocycles. The molecule has 0 saturated carbocycles. The lowest BCUT2D eigenvalue weighted by Crippen LogP contribution is -1.92. The van der Waals surface area contributed by atoms with Gasteiger partial charge in [-0.1, -0.05) is 146 Å². The van der Waals surface area contributed by atoms with Crippen molar-refractivity contribution in [3.05, 3.63) is 176 Å². The molecule has 50 heavy (non-hydrogen) atoms. The van der Waals surface area contributed by atoms with Gasteiger partial charge < -0.3 is 0 Å². The highest BCUT2D eigenvalue weighted by Gasteiger charge is 2.15. The summed E-state index contributed by atoms with van der Waals surface area (Å²) in [6.07, 6.45) is 1.84. The fourth-order valence-corrected chi connectivity index (χ4v) is 7.47. The quantitative estimate of drug-likeness (QED) is 0.181. The Hall–Kier alpha value is -6.71. The number of aromatic nitrogens is 3. The average Bonchev–Trinajstić information content (AvgIpc) is 3.20. The third kappa shape index (κ3) is 4.63. The van der Waals surface area contributed by atoms with Gasteiger partial charge in [-0.2, -0.15) is 0 Å². The zero-order chi connectivity index (χ0) is 33.0. The Labute approximate surface area is 289 Å². The van der Waals surface area contributed by atoms with E-state index >= 15 is 0 Å². The minimum Gasteiger partial charge on any atom is -0.254 e. The highest BCUT2D eigenvalue weighted by atomic mass is 14.8. The number of hydrogen-bond donors (Lipinski definition) is 0. The van der Waals surface area contributed by atoms with Crippen LogP contribution in [0.4, 0.5) is 0 Å². The summed E-state index contributed by atoms with van der Waals surface area (Å²) < 4.78 is 0. The van der Waals surface area contributed by atoms with Gasteiger partial charge in [0.1, 0.15) is 0 Å². The molecule has 7 aromatic carbocycles. The molecule has 0 saturated heterocycles. The van der Waals surface area contributed by atoms with E-state index in [1.165, 1.54) is 43.6 Å². The van der Waals surface area contributed by atoms with Gasteiger partial charge in [-0.05, 0) is 68.1 Å². The van der Waals surface area contributed by atoms with Crippen LogP contribution in [0.3, 0.4) is 0 Å². The van der Waals surface area contributed by atoms with E-state index in [0.29, 0.717) is 0 Å². The summed E-state index contributed by atoms with van der Waals surface area (Å²) in [6, 6.07) is 60.3. The van der Waals surface area contributed by atoms with Crippen LogP contribution in [0.25, 0.3) is 99.0 Å². The van der Waals surface area contributed by atoms with Crippen molar-refractivity contribution in [2.45, 2.75) is 0 Å². The average molecular weight is 636 g/mol. The lowest BCUT2D eigenvalue weighted by Gasteiger charge is -2.15. The minimum absolute atomic E-state index is 0.927. The molecule has 0 fully saturated rings. The van der Waals surface area contributed by atoms with E-state index in [9.17, 15) is 0 Å². The van der Waals surface area contributed by atoms with Crippen LogP contribution in [-0.2, 0) is 0 Å². The van der Waals surface area contributed by atoms with Crippen molar-refractivity contribution in [1.29, 1.82) is 0 Å². The molecule has 0 atom stereocenters. The van der Waals surface area contributed by atoms with Gasteiger partial charge in [0.2, 0.25) is 0 Å². The van der Waals surface area contributed by atoms with Crippen molar-refractivity contribution >= 4 is 54.3 Å². The van der Waals surface area contributed by atoms with Crippen LogP contribution in [0.5, 0.6) is 0 Å². The second-order valence-corrected chi connectivity index (χ2v) is 12.8. The van der Waals surface area contributed by atoms with Crippen LogP contribution in [0.2, 0.25) is 0 Å². The molecule has 0 unspecified atom stereocenters. The lowest BCUT2D eigenvalue weighted by atomic mass is 9.91. The first-order valence-electron chi connectivity index (χ1n) is 16.9. The standard InChI is InChI=1S/C47H29N3/c1-2-10-33(11-3-1)44-29-41(45-37-13-5-4-9-30(37)22-27-43(45)49-44)32-18-16-31(17-19-32)36-24-25-40(39-15-7-6-14-38(36)39)42-26-23-35-21-20-34-12-8-28-48-46(34)47(35)50-42/h1-29H. The smallest absolute Gasteiger partial charge is 0.0972 e. The van der Waals surface area contributed by atoms with Crippen molar-refractivity contribution < 1.29 is 0 Å². The number of pyridine rings is 3. The van der Waals surface area contributed by atoms with E-state index in [-0.39, 0.29) is 0 Å². The van der Waals surface area contributed by atoms with Crippen LogP contribution in [0.1, 0.15) is 0 Å². The van der Waals surface area contributed by atoms with E-state index in [0.717, 1.165) is 55.4 Å². The third-order valence-corrected chi connectivity index (χ3v) is 9.91. The number of rotatable bonds is 4. The van der Waals surface area contributed by atoms with Gasteiger partial charge in [0.05, 0.1) is 27.9 Å². The second-order valence-electron chi connectivity index (χ2n) is 12.8. The molecule has 0 radical (unpaired) electrons. The summed E-state index contributed by atoms with van der Waals surface area (Å²) in [7, 11) is 0. The monoisotopic (exact) mass is 635 g/mol. The van der Waals surface area contributed by atoms with Gasteiger partial charge in [0.25, 0.3) is 0 Å². The third-order valence-electron chi connectivity index (χ3n) is 9.91. The Kier molecular flexibility index (Phi) is 6.49. The number of fused-ring (bicyclic) bond motifs is 7. The zero-order valence-corrected chi connectivity index (χ0v) is 27.1. The van der Waals surface area contributed by atoms with Crippen LogP contribution in [-0.4, -0.2) is 15.0 Å². The second kappa shape index (κ2) is 11.5. The van der Waals surface area contributed by atoms with Gasteiger partial charge in [-0.25, -0.2) is 9.97 Å². The molecule has 3 nitrogen and oxygen atoms in total. The van der Waals surface area contributed by atoms with Crippen molar-refractivity contribution in [2.75, 3.05) is 0 Å². The summed E-state index contributed by atoms with van der Waals surface area (Å²) in [6.45, 7) is 0. The molecular formula is C47H29N3. The number of benzene rings is 7. The molecule has 3 aromatic heterocycles. The molecule has 10 rings (SSSR count). The van der Waals surface area contributed by atoms with Crippen LogP contribution in [0.15, 0.2) is 176 Å². The van der Waals surface area contributed by atoms with E-state index in [2.05, 4.69) is 163 Å². The summed E-state index contributed by atoms with van der Waals surface area (Å²) >= 11 is 0. The minimum atomic E-state index is 0.927. The number of nitrogens with zero attached hydrogens (tertiary/aromatic N) is 3. The van der Waals surface area contributed by atoms with E-state index in [4.69, 9.17) is 9.97 Å². The molecule has 232 valence electrons. The maximum absolute atomic E-state index is 5.18. The molecule has 0 aliphatic carbocycles. The Morgan fingerprint density at radius 1 is 0.340 bits per heavy atom. The van der Waals surface area contributed by atoms with Crippen molar-refractivity contribution in [3.8, 4) is 44.8 Å². The van der Waals surface area contributed by atoms with Gasteiger partial charge in [-0.3, -0.25) is 4.98 Å². The van der Waals surface area contributed by atoms with Gasteiger partial charge in [0, 0.05) is 33.5 Å². The zero-order valence-electron chi connectivity index (χ0n) is 27.1. The molecule has 3 heteroatoms. The molecule has 10 aromatic rings. The summed E-state index contributed by atoms with van der Waals surface area (Å²) in [4.78, 5) is 15.0. The summed E-state index contributed by atoms with van der Waals surface area (Å²) in [5.41, 5.74) is 11.7.